The van der Waals surface area contributed by atoms with Crippen molar-refractivity contribution in [3.63, 3.8) is 0 Å². The highest BCUT2D eigenvalue weighted by Crippen LogP contribution is 2.32. The topological polar surface area (TPSA) is 86.1 Å². The molecule has 1 aliphatic rings. The van der Waals surface area contributed by atoms with Crippen LogP contribution in [0.1, 0.15) is 31.6 Å². The van der Waals surface area contributed by atoms with Gasteiger partial charge in [-0.25, -0.2) is 22.8 Å². The lowest BCUT2D eigenvalue weighted by Gasteiger charge is -2.23. The molecular weight excluding hydrogens is 352 g/mol. The molecule has 0 saturated carbocycles. The molecular formula is C18H20N4O3S. The number of aryl methyl sites for hydroxylation is 1. The molecule has 1 aromatic heterocycles. The van der Waals surface area contributed by atoms with Gasteiger partial charge in [0.05, 0.1) is 17.5 Å². The predicted molar refractivity (Wildman–Crippen MR) is 97.4 cm³/mol. The van der Waals surface area contributed by atoms with Crippen LogP contribution in [0.15, 0.2) is 47.6 Å². The molecule has 1 aliphatic heterocycles. The Labute approximate surface area is 152 Å². The third-order valence-corrected chi connectivity index (χ3v) is 6.08. The van der Waals surface area contributed by atoms with Crippen molar-refractivity contribution in [3.05, 3.63) is 48.5 Å². The van der Waals surface area contributed by atoms with Crippen molar-refractivity contribution >= 4 is 20.8 Å². The SMILES string of the molecule is CCOc1ccc(S(=O)(=O)N[C@@H]2CCCn3ncnc32)c2ccccc12. The van der Waals surface area contributed by atoms with Gasteiger partial charge in [0.25, 0.3) is 0 Å². The lowest BCUT2D eigenvalue weighted by molar-refractivity contribution is 0.344. The molecule has 0 unspecified atom stereocenters. The first kappa shape index (κ1) is 17.0. The van der Waals surface area contributed by atoms with Gasteiger partial charge in [0, 0.05) is 17.3 Å². The van der Waals surface area contributed by atoms with Crippen LogP contribution in [0.25, 0.3) is 10.8 Å². The number of fused-ring (bicyclic) bond motifs is 2. The van der Waals surface area contributed by atoms with Crippen LogP contribution >= 0.6 is 0 Å². The fourth-order valence-electron chi connectivity index (χ4n) is 3.41. The molecule has 2 aromatic carbocycles. The van der Waals surface area contributed by atoms with E-state index in [0.717, 1.165) is 18.4 Å². The number of hydrogen-bond acceptors (Lipinski definition) is 5. The molecule has 8 heteroatoms. The minimum absolute atomic E-state index is 0.244. The van der Waals surface area contributed by atoms with Crippen molar-refractivity contribution in [1.82, 2.24) is 19.5 Å². The summed E-state index contributed by atoms with van der Waals surface area (Å²) < 4.78 is 36.4. The van der Waals surface area contributed by atoms with Gasteiger partial charge in [-0.2, -0.15) is 5.10 Å². The highest BCUT2D eigenvalue weighted by molar-refractivity contribution is 7.89. The molecule has 0 radical (unpaired) electrons. The average molecular weight is 372 g/mol. The second-order valence-electron chi connectivity index (χ2n) is 6.20. The number of sulfonamides is 1. The van der Waals surface area contributed by atoms with Crippen molar-refractivity contribution in [2.24, 2.45) is 0 Å². The van der Waals surface area contributed by atoms with E-state index < -0.39 is 10.0 Å². The Morgan fingerprint density at radius 3 is 2.85 bits per heavy atom. The number of rotatable bonds is 5. The Hall–Kier alpha value is -2.45. The maximum atomic E-state index is 13.1. The number of hydrogen-bond donors (Lipinski definition) is 1. The molecule has 1 atom stereocenters. The summed E-state index contributed by atoms with van der Waals surface area (Å²) in [6, 6.07) is 10.3. The Bertz CT molecular complexity index is 1050. The first-order chi connectivity index (χ1) is 12.6. The average Bonchev–Trinajstić information content (AvgIpc) is 3.12. The molecule has 3 aromatic rings. The molecule has 0 aliphatic carbocycles. The van der Waals surface area contributed by atoms with Crippen LogP contribution in [-0.2, 0) is 16.6 Å². The molecule has 0 spiro atoms. The van der Waals surface area contributed by atoms with E-state index in [-0.39, 0.29) is 10.9 Å². The van der Waals surface area contributed by atoms with E-state index in [2.05, 4.69) is 14.8 Å². The fourth-order valence-corrected chi connectivity index (χ4v) is 4.85. The summed E-state index contributed by atoms with van der Waals surface area (Å²) in [4.78, 5) is 4.47. The maximum Gasteiger partial charge on any atom is 0.241 e. The summed E-state index contributed by atoms with van der Waals surface area (Å²) >= 11 is 0. The molecule has 0 bridgehead atoms. The van der Waals surface area contributed by atoms with E-state index >= 15 is 0 Å². The van der Waals surface area contributed by atoms with Crippen molar-refractivity contribution in [2.45, 2.75) is 37.2 Å². The van der Waals surface area contributed by atoms with Crippen LogP contribution < -0.4 is 9.46 Å². The van der Waals surface area contributed by atoms with E-state index in [4.69, 9.17) is 4.74 Å². The second-order valence-corrected chi connectivity index (χ2v) is 7.88. The van der Waals surface area contributed by atoms with Gasteiger partial charge >= 0.3 is 0 Å². The van der Waals surface area contributed by atoms with Gasteiger partial charge in [0.15, 0.2) is 0 Å². The van der Waals surface area contributed by atoms with E-state index in [1.807, 2.05) is 25.1 Å². The molecule has 0 saturated heterocycles. The van der Waals surface area contributed by atoms with Gasteiger partial charge in [-0.15, -0.1) is 0 Å². The zero-order valence-electron chi connectivity index (χ0n) is 14.4. The lowest BCUT2D eigenvalue weighted by Crippen LogP contribution is -2.33. The highest BCUT2D eigenvalue weighted by Gasteiger charge is 2.28. The van der Waals surface area contributed by atoms with Crippen LogP contribution in [0.2, 0.25) is 0 Å². The lowest BCUT2D eigenvalue weighted by atomic mass is 10.1. The number of aromatic nitrogens is 3. The molecule has 0 amide bonds. The summed E-state index contributed by atoms with van der Waals surface area (Å²) in [5, 5.41) is 5.57. The van der Waals surface area contributed by atoms with Gasteiger partial charge in [0.2, 0.25) is 10.0 Å². The fraction of sp³-hybridized carbons (Fsp3) is 0.333. The Kier molecular flexibility index (Phi) is 4.37. The molecule has 26 heavy (non-hydrogen) atoms. The number of nitrogens with zero attached hydrogens (tertiary/aromatic N) is 3. The van der Waals surface area contributed by atoms with Crippen molar-refractivity contribution in [3.8, 4) is 5.75 Å². The van der Waals surface area contributed by atoms with E-state index in [1.165, 1.54) is 6.33 Å². The molecule has 2 heterocycles. The van der Waals surface area contributed by atoms with Crippen LogP contribution in [0.4, 0.5) is 0 Å². The largest absolute Gasteiger partial charge is 0.493 e. The molecule has 4 rings (SSSR count). The minimum atomic E-state index is -3.73. The number of nitrogens with one attached hydrogen (secondary N) is 1. The Balaban J connectivity index is 1.75. The predicted octanol–water partition coefficient (Wildman–Crippen LogP) is 2.64. The minimum Gasteiger partial charge on any atom is -0.493 e. The molecule has 7 nitrogen and oxygen atoms in total. The van der Waals surface area contributed by atoms with Gasteiger partial charge in [-0.05, 0) is 31.9 Å². The van der Waals surface area contributed by atoms with Crippen LogP contribution in [0.5, 0.6) is 5.75 Å². The molecule has 0 fully saturated rings. The standard InChI is InChI=1S/C18H20N4O3S/c1-2-25-16-9-10-17(14-7-4-3-6-13(14)16)26(23,24)21-15-8-5-11-22-18(15)19-12-20-22/h3-4,6-7,9-10,12,15,21H,2,5,8,11H2,1H3/t15-/m1/s1. The maximum absolute atomic E-state index is 13.1. The third kappa shape index (κ3) is 2.95. The molecule has 136 valence electrons. The number of benzene rings is 2. The number of ether oxygens (including phenoxy) is 1. The smallest absolute Gasteiger partial charge is 0.241 e. The summed E-state index contributed by atoms with van der Waals surface area (Å²) in [5.74, 6) is 1.34. The van der Waals surface area contributed by atoms with Crippen LogP contribution in [0.3, 0.4) is 0 Å². The summed E-state index contributed by atoms with van der Waals surface area (Å²) in [6.07, 6.45) is 3.02. The normalized spacial score (nSPS) is 17.2. The Morgan fingerprint density at radius 2 is 2.04 bits per heavy atom. The van der Waals surface area contributed by atoms with Crippen LogP contribution in [-0.4, -0.2) is 29.8 Å². The van der Waals surface area contributed by atoms with Crippen molar-refractivity contribution in [2.75, 3.05) is 6.61 Å². The highest BCUT2D eigenvalue weighted by atomic mass is 32.2. The first-order valence-corrected chi connectivity index (χ1v) is 10.1. The zero-order valence-corrected chi connectivity index (χ0v) is 15.2. The third-order valence-electron chi connectivity index (χ3n) is 4.55. The Morgan fingerprint density at radius 1 is 1.23 bits per heavy atom. The van der Waals surface area contributed by atoms with Gasteiger partial charge < -0.3 is 4.74 Å². The van der Waals surface area contributed by atoms with E-state index in [1.54, 1.807) is 22.9 Å². The summed E-state index contributed by atoms with van der Waals surface area (Å²) in [5.41, 5.74) is 0. The van der Waals surface area contributed by atoms with E-state index in [0.29, 0.717) is 30.0 Å². The van der Waals surface area contributed by atoms with Crippen LogP contribution in [0, 0.1) is 0 Å². The monoisotopic (exact) mass is 372 g/mol. The van der Waals surface area contributed by atoms with Gasteiger partial charge in [0.1, 0.15) is 17.9 Å². The second kappa shape index (κ2) is 6.69. The quantitative estimate of drug-likeness (QED) is 0.744. The van der Waals surface area contributed by atoms with Crippen molar-refractivity contribution < 1.29 is 13.2 Å². The zero-order chi connectivity index (χ0) is 18.1. The molecule has 1 N–H and O–H groups in total. The van der Waals surface area contributed by atoms with Gasteiger partial charge in [-0.3, -0.25) is 0 Å². The van der Waals surface area contributed by atoms with Crippen molar-refractivity contribution in [1.29, 1.82) is 0 Å². The van der Waals surface area contributed by atoms with E-state index in [9.17, 15) is 8.42 Å². The first-order valence-electron chi connectivity index (χ1n) is 8.64. The summed E-state index contributed by atoms with van der Waals surface area (Å²) in [7, 11) is -3.73. The van der Waals surface area contributed by atoms with Gasteiger partial charge in [-0.1, -0.05) is 24.3 Å². The summed E-state index contributed by atoms with van der Waals surface area (Å²) in [6.45, 7) is 3.19.